The molecule has 23 heavy (non-hydrogen) atoms. The van der Waals surface area contributed by atoms with Crippen LogP contribution in [0.3, 0.4) is 0 Å². The van der Waals surface area contributed by atoms with Crippen LogP contribution in [0.2, 0.25) is 0 Å². The molecule has 1 aliphatic heterocycles. The van der Waals surface area contributed by atoms with Crippen LogP contribution in [0, 0.1) is 11.8 Å². The summed E-state index contributed by atoms with van der Waals surface area (Å²) in [6.45, 7) is 4.85. The highest BCUT2D eigenvalue weighted by atomic mass is 32.2. The van der Waals surface area contributed by atoms with Crippen LogP contribution in [0.1, 0.15) is 38.7 Å². The Balaban J connectivity index is 1.42. The Hall–Kier alpha value is -1.36. The lowest BCUT2D eigenvalue weighted by Crippen LogP contribution is -2.44. The van der Waals surface area contributed by atoms with Crippen LogP contribution >= 0.6 is 11.8 Å². The van der Waals surface area contributed by atoms with Crippen molar-refractivity contribution in [2.75, 3.05) is 12.5 Å². The molecule has 2 aliphatic rings. The minimum absolute atomic E-state index is 0.154. The summed E-state index contributed by atoms with van der Waals surface area (Å²) >= 11 is 1.64. The fourth-order valence-corrected chi connectivity index (χ4v) is 4.11. The molecule has 4 nitrogen and oxygen atoms in total. The lowest BCUT2D eigenvalue weighted by Gasteiger charge is -2.34. The molecule has 0 radical (unpaired) electrons. The normalized spacial score (nSPS) is 26.1. The van der Waals surface area contributed by atoms with E-state index in [-0.39, 0.29) is 5.91 Å². The molecule has 3 atom stereocenters. The number of benzene rings is 1. The van der Waals surface area contributed by atoms with Crippen LogP contribution in [-0.4, -0.2) is 24.5 Å². The van der Waals surface area contributed by atoms with Gasteiger partial charge in [-0.3, -0.25) is 4.79 Å². The lowest BCUT2D eigenvalue weighted by molar-refractivity contribution is -0.119. The highest BCUT2D eigenvalue weighted by molar-refractivity contribution is 7.99. The first-order valence-corrected chi connectivity index (χ1v) is 9.54. The number of carbonyl (C=O) groups is 1. The van der Waals surface area contributed by atoms with Crippen molar-refractivity contribution in [2.45, 2.75) is 44.9 Å². The fraction of sp³-hybridized carbons (Fsp3) is 0.611. The number of amides is 1. The summed E-state index contributed by atoms with van der Waals surface area (Å²) in [4.78, 5) is 12.2. The molecule has 0 bridgehead atoms. The van der Waals surface area contributed by atoms with Crippen molar-refractivity contribution in [1.29, 1.82) is 0 Å². The van der Waals surface area contributed by atoms with Crippen molar-refractivity contribution in [2.24, 2.45) is 11.8 Å². The molecule has 1 aliphatic carbocycles. The SMILES string of the molecule is C[C@H]1[C@@H](NC(=O)CSCc2ccc3c(c2)OCO3)CCC[C@@H]1C. The van der Waals surface area contributed by atoms with Gasteiger partial charge in [-0.2, -0.15) is 0 Å². The molecule has 0 saturated heterocycles. The van der Waals surface area contributed by atoms with Gasteiger partial charge in [-0.1, -0.05) is 32.8 Å². The Morgan fingerprint density at radius 2 is 2.09 bits per heavy atom. The van der Waals surface area contributed by atoms with E-state index in [2.05, 4.69) is 19.2 Å². The van der Waals surface area contributed by atoms with Gasteiger partial charge in [-0.15, -0.1) is 11.8 Å². The molecule has 5 heteroatoms. The van der Waals surface area contributed by atoms with Crippen LogP contribution in [-0.2, 0) is 10.5 Å². The Morgan fingerprint density at radius 1 is 1.26 bits per heavy atom. The molecule has 1 fully saturated rings. The van der Waals surface area contributed by atoms with Gasteiger partial charge in [0.15, 0.2) is 11.5 Å². The number of fused-ring (bicyclic) bond motifs is 1. The van der Waals surface area contributed by atoms with Gasteiger partial charge in [0.05, 0.1) is 5.75 Å². The van der Waals surface area contributed by atoms with E-state index in [0.717, 1.165) is 29.2 Å². The Kier molecular flexibility index (Phi) is 5.36. The summed E-state index contributed by atoms with van der Waals surface area (Å²) in [5.74, 6) is 4.35. The van der Waals surface area contributed by atoms with Crippen molar-refractivity contribution in [3.8, 4) is 11.5 Å². The summed E-state index contributed by atoms with van der Waals surface area (Å²) in [7, 11) is 0. The molecule has 1 aromatic carbocycles. The molecular weight excluding hydrogens is 310 g/mol. The second-order valence-corrected chi connectivity index (χ2v) is 7.61. The quantitative estimate of drug-likeness (QED) is 0.893. The minimum Gasteiger partial charge on any atom is -0.454 e. The smallest absolute Gasteiger partial charge is 0.231 e. The first-order valence-electron chi connectivity index (χ1n) is 8.39. The molecule has 1 amide bonds. The standard InChI is InChI=1S/C18H25NO3S/c1-12-4-3-5-15(13(12)2)19-18(20)10-23-9-14-6-7-16-17(8-14)22-11-21-16/h6-8,12-13,15H,3-5,9-11H2,1-2H3,(H,19,20)/t12-,13+,15-/m0/s1. The van der Waals surface area contributed by atoms with Gasteiger partial charge in [0.25, 0.3) is 0 Å². The van der Waals surface area contributed by atoms with E-state index in [1.54, 1.807) is 11.8 Å². The predicted molar refractivity (Wildman–Crippen MR) is 92.8 cm³/mol. The van der Waals surface area contributed by atoms with Crippen molar-refractivity contribution in [1.82, 2.24) is 5.32 Å². The second-order valence-electron chi connectivity index (χ2n) is 6.62. The number of hydrogen-bond acceptors (Lipinski definition) is 4. The Morgan fingerprint density at radius 3 is 2.96 bits per heavy atom. The van der Waals surface area contributed by atoms with E-state index in [9.17, 15) is 4.79 Å². The van der Waals surface area contributed by atoms with Crippen LogP contribution in [0.4, 0.5) is 0 Å². The third kappa shape index (κ3) is 4.14. The van der Waals surface area contributed by atoms with Crippen LogP contribution in [0.15, 0.2) is 18.2 Å². The lowest BCUT2D eigenvalue weighted by atomic mass is 9.78. The third-order valence-electron chi connectivity index (χ3n) is 4.99. The first-order chi connectivity index (χ1) is 11.1. The maximum atomic E-state index is 12.2. The second kappa shape index (κ2) is 7.47. The predicted octanol–water partition coefficient (Wildman–Crippen LogP) is 3.59. The molecule has 1 aromatic rings. The molecule has 1 saturated carbocycles. The van der Waals surface area contributed by atoms with E-state index in [4.69, 9.17) is 9.47 Å². The van der Waals surface area contributed by atoms with E-state index in [1.165, 1.54) is 12.8 Å². The first kappa shape index (κ1) is 16.5. The van der Waals surface area contributed by atoms with E-state index < -0.39 is 0 Å². The third-order valence-corrected chi connectivity index (χ3v) is 6.00. The number of hydrogen-bond donors (Lipinski definition) is 1. The van der Waals surface area contributed by atoms with E-state index in [0.29, 0.717) is 30.4 Å². The van der Waals surface area contributed by atoms with Gasteiger partial charge in [0, 0.05) is 11.8 Å². The topological polar surface area (TPSA) is 47.6 Å². The zero-order valence-electron chi connectivity index (χ0n) is 13.8. The number of carbonyl (C=O) groups excluding carboxylic acids is 1. The molecule has 0 unspecified atom stereocenters. The molecule has 1 heterocycles. The van der Waals surface area contributed by atoms with Crippen LogP contribution in [0.25, 0.3) is 0 Å². The summed E-state index contributed by atoms with van der Waals surface area (Å²) in [5, 5.41) is 3.22. The largest absolute Gasteiger partial charge is 0.454 e. The van der Waals surface area contributed by atoms with Crippen LogP contribution in [0.5, 0.6) is 11.5 Å². The van der Waals surface area contributed by atoms with E-state index in [1.807, 2.05) is 18.2 Å². The molecule has 126 valence electrons. The summed E-state index contributed by atoms with van der Waals surface area (Å²) < 4.78 is 10.7. The number of nitrogens with one attached hydrogen (secondary N) is 1. The molecule has 0 aromatic heterocycles. The maximum absolute atomic E-state index is 12.2. The Bertz CT molecular complexity index is 563. The van der Waals surface area contributed by atoms with Crippen molar-refractivity contribution >= 4 is 17.7 Å². The number of rotatable bonds is 5. The van der Waals surface area contributed by atoms with Gasteiger partial charge >= 0.3 is 0 Å². The van der Waals surface area contributed by atoms with Gasteiger partial charge in [0.1, 0.15) is 0 Å². The maximum Gasteiger partial charge on any atom is 0.231 e. The molecule has 3 rings (SSSR count). The number of ether oxygens (including phenoxy) is 2. The zero-order chi connectivity index (χ0) is 16.2. The summed E-state index contributed by atoms with van der Waals surface area (Å²) in [6, 6.07) is 6.31. The highest BCUT2D eigenvalue weighted by Gasteiger charge is 2.27. The number of thioether (sulfide) groups is 1. The average Bonchev–Trinajstić information content (AvgIpc) is 2.99. The van der Waals surface area contributed by atoms with E-state index >= 15 is 0 Å². The minimum atomic E-state index is 0.154. The fourth-order valence-electron chi connectivity index (χ4n) is 3.33. The average molecular weight is 335 g/mol. The molecule has 0 spiro atoms. The van der Waals surface area contributed by atoms with Crippen molar-refractivity contribution < 1.29 is 14.3 Å². The monoisotopic (exact) mass is 335 g/mol. The van der Waals surface area contributed by atoms with Gasteiger partial charge in [-0.05, 0) is 36.0 Å². The zero-order valence-corrected chi connectivity index (χ0v) is 14.7. The van der Waals surface area contributed by atoms with Crippen molar-refractivity contribution in [3.63, 3.8) is 0 Å². The summed E-state index contributed by atoms with van der Waals surface area (Å²) in [6.07, 6.45) is 3.62. The Labute approximate surface area is 142 Å². The molecule has 1 N–H and O–H groups in total. The summed E-state index contributed by atoms with van der Waals surface area (Å²) in [5.41, 5.74) is 1.16. The van der Waals surface area contributed by atoms with Crippen molar-refractivity contribution in [3.05, 3.63) is 23.8 Å². The van der Waals surface area contributed by atoms with Gasteiger partial charge < -0.3 is 14.8 Å². The van der Waals surface area contributed by atoms with Crippen LogP contribution < -0.4 is 14.8 Å². The molecular formula is C18H25NO3S. The van der Waals surface area contributed by atoms with Gasteiger partial charge in [-0.25, -0.2) is 0 Å². The van der Waals surface area contributed by atoms with Gasteiger partial charge in [0.2, 0.25) is 12.7 Å². The highest BCUT2D eigenvalue weighted by Crippen LogP contribution is 2.33.